The highest BCUT2D eigenvalue weighted by atomic mass is 16.6. The number of hydrogen-bond acceptors (Lipinski definition) is 7. The van der Waals surface area contributed by atoms with Gasteiger partial charge in [-0.05, 0) is 56.7 Å². The topological polar surface area (TPSA) is 117 Å². The van der Waals surface area contributed by atoms with Crippen molar-refractivity contribution < 1.29 is 28.7 Å². The zero-order chi connectivity index (χ0) is 27.2. The Labute approximate surface area is 217 Å². The van der Waals surface area contributed by atoms with Crippen molar-refractivity contribution in [3.05, 3.63) is 75.8 Å². The SMILES string of the molecule is CC[C@H]1C[C@@H](OC(=O)c2ccc([N+](=O)[O-])cc2)[C@H](NC(=O)OC(C)(C)C)[C@@H](OCc2ccccc2)[C@@H]1C. The van der Waals surface area contributed by atoms with E-state index >= 15 is 0 Å². The molecule has 0 saturated heterocycles. The first-order chi connectivity index (χ1) is 17.5. The lowest BCUT2D eigenvalue weighted by Gasteiger charge is -2.45. The zero-order valence-corrected chi connectivity index (χ0v) is 22.0. The zero-order valence-electron chi connectivity index (χ0n) is 22.0. The fraction of sp³-hybridized carbons (Fsp3) is 0.500. The lowest BCUT2D eigenvalue weighted by atomic mass is 9.73. The maximum Gasteiger partial charge on any atom is 0.408 e. The smallest absolute Gasteiger partial charge is 0.408 e. The van der Waals surface area contributed by atoms with Gasteiger partial charge in [-0.15, -0.1) is 0 Å². The Morgan fingerprint density at radius 3 is 2.30 bits per heavy atom. The molecule has 9 heteroatoms. The maximum atomic E-state index is 13.0. The quantitative estimate of drug-likeness (QED) is 0.275. The number of nitrogens with one attached hydrogen (secondary N) is 1. The molecule has 5 atom stereocenters. The van der Waals surface area contributed by atoms with Gasteiger partial charge in [0.1, 0.15) is 11.7 Å². The summed E-state index contributed by atoms with van der Waals surface area (Å²) in [5.74, 6) is -0.364. The predicted octanol–water partition coefficient (Wildman–Crippen LogP) is 5.66. The van der Waals surface area contributed by atoms with Crippen LogP contribution in [0.1, 0.15) is 63.4 Å². The van der Waals surface area contributed by atoms with Crippen LogP contribution >= 0.6 is 0 Å². The summed E-state index contributed by atoms with van der Waals surface area (Å²) in [5.41, 5.74) is 0.355. The van der Waals surface area contributed by atoms with Crippen molar-refractivity contribution >= 4 is 17.7 Å². The molecule has 37 heavy (non-hydrogen) atoms. The van der Waals surface area contributed by atoms with Gasteiger partial charge >= 0.3 is 12.1 Å². The van der Waals surface area contributed by atoms with Gasteiger partial charge in [-0.2, -0.15) is 0 Å². The Morgan fingerprint density at radius 2 is 1.73 bits per heavy atom. The third-order valence-electron chi connectivity index (χ3n) is 6.62. The molecule has 1 aliphatic rings. The van der Waals surface area contributed by atoms with Gasteiger partial charge in [0.25, 0.3) is 5.69 Å². The third kappa shape index (κ3) is 7.76. The van der Waals surface area contributed by atoms with Crippen LogP contribution in [-0.4, -0.2) is 40.8 Å². The Balaban J connectivity index is 1.86. The molecule has 2 aromatic carbocycles. The van der Waals surface area contributed by atoms with E-state index in [4.69, 9.17) is 14.2 Å². The van der Waals surface area contributed by atoms with Crippen molar-refractivity contribution in [3.63, 3.8) is 0 Å². The molecule has 0 bridgehead atoms. The van der Waals surface area contributed by atoms with Crippen molar-refractivity contribution in [2.24, 2.45) is 11.8 Å². The van der Waals surface area contributed by atoms with Gasteiger partial charge in [-0.1, -0.05) is 50.6 Å². The van der Waals surface area contributed by atoms with Crippen LogP contribution in [0.4, 0.5) is 10.5 Å². The van der Waals surface area contributed by atoms with E-state index in [2.05, 4.69) is 19.2 Å². The van der Waals surface area contributed by atoms with Crippen molar-refractivity contribution in [1.82, 2.24) is 5.32 Å². The van der Waals surface area contributed by atoms with E-state index in [-0.39, 0.29) is 23.1 Å². The van der Waals surface area contributed by atoms with Gasteiger partial charge in [0.05, 0.1) is 29.2 Å². The summed E-state index contributed by atoms with van der Waals surface area (Å²) in [6.07, 6.45) is -0.373. The summed E-state index contributed by atoms with van der Waals surface area (Å²) >= 11 is 0. The number of nitrogens with zero attached hydrogens (tertiary/aromatic N) is 1. The van der Waals surface area contributed by atoms with Gasteiger partial charge in [0.15, 0.2) is 0 Å². The van der Waals surface area contributed by atoms with Gasteiger partial charge in [-0.25, -0.2) is 9.59 Å². The van der Waals surface area contributed by atoms with Crippen molar-refractivity contribution in [3.8, 4) is 0 Å². The Kier molecular flexibility index (Phi) is 9.26. The number of non-ortho nitro benzene ring substituents is 1. The highest BCUT2D eigenvalue weighted by molar-refractivity contribution is 5.89. The van der Waals surface area contributed by atoms with E-state index in [0.717, 1.165) is 12.0 Å². The first-order valence-corrected chi connectivity index (χ1v) is 12.6. The van der Waals surface area contributed by atoms with E-state index in [1.807, 2.05) is 30.3 Å². The average molecular weight is 513 g/mol. The monoisotopic (exact) mass is 512 g/mol. The standard InChI is InChI=1S/C28H36N2O7/c1-6-20-16-23(36-26(31)21-12-14-22(15-13-21)30(33)34)24(29-27(32)37-28(3,4)5)25(18(20)2)35-17-19-10-8-7-9-11-19/h7-15,18,20,23-25H,6,16-17H2,1-5H3,(H,29,32)/t18-,20+,23-,24+,25+/m1/s1. The molecule has 1 aliphatic carbocycles. The van der Waals surface area contributed by atoms with Crippen molar-refractivity contribution in [2.45, 2.75) is 77.9 Å². The van der Waals surface area contributed by atoms with Crippen molar-refractivity contribution in [1.29, 1.82) is 0 Å². The highest BCUT2D eigenvalue weighted by Gasteiger charge is 2.46. The fourth-order valence-electron chi connectivity index (χ4n) is 4.69. The van der Waals surface area contributed by atoms with Gasteiger partial charge in [0, 0.05) is 12.1 Å². The lowest BCUT2D eigenvalue weighted by Crippen LogP contribution is -2.60. The minimum atomic E-state index is -0.707. The number of hydrogen-bond donors (Lipinski definition) is 1. The molecule has 0 heterocycles. The summed E-state index contributed by atoms with van der Waals surface area (Å²) in [6.45, 7) is 9.83. The fourth-order valence-corrected chi connectivity index (χ4v) is 4.69. The van der Waals surface area contributed by atoms with Gasteiger partial charge in [0.2, 0.25) is 0 Å². The molecule has 0 spiro atoms. The largest absolute Gasteiger partial charge is 0.456 e. The third-order valence-corrected chi connectivity index (χ3v) is 6.62. The van der Waals surface area contributed by atoms with Crippen LogP contribution in [0.15, 0.2) is 54.6 Å². The molecule has 0 unspecified atom stereocenters. The van der Waals surface area contributed by atoms with Crippen LogP contribution in [0.25, 0.3) is 0 Å². The normalized spacial score (nSPS) is 23.6. The number of alkyl carbamates (subject to hydrolysis) is 1. The molecule has 1 saturated carbocycles. The lowest BCUT2D eigenvalue weighted by molar-refractivity contribution is -0.384. The molecule has 0 aromatic heterocycles. The summed E-state index contributed by atoms with van der Waals surface area (Å²) in [5, 5.41) is 13.9. The molecule has 1 fully saturated rings. The van der Waals surface area contributed by atoms with Crippen LogP contribution in [0, 0.1) is 22.0 Å². The van der Waals surface area contributed by atoms with Gasteiger partial charge < -0.3 is 19.5 Å². The second-order valence-electron chi connectivity index (χ2n) is 10.4. The average Bonchev–Trinajstić information content (AvgIpc) is 2.84. The summed E-state index contributed by atoms with van der Waals surface area (Å²) in [6, 6.07) is 14.3. The Bertz CT molecular complexity index is 1070. The van der Waals surface area contributed by atoms with Crippen molar-refractivity contribution in [2.75, 3.05) is 0 Å². The molecular formula is C28H36N2O7. The maximum absolute atomic E-state index is 13.0. The molecule has 9 nitrogen and oxygen atoms in total. The summed E-state index contributed by atoms with van der Waals surface area (Å²) in [7, 11) is 0. The van der Waals surface area contributed by atoms with Crippen LogP contribution in [0.3, 0.4) is 0 Å². The Morgan fingerprint density at radius 1 is 1.08 bits per heavy atom. The minimum Gasteiger partial charge on any atom is -0.456 e. The first kappa shape index (κ1) is 28.1. The number of nitro benzene ring substituents is 1. The van der Waals surface area contributed by atoms with E-state index in [0.29, 0.717) is 13.0 Å². The van der Waals surface area contributed by atoms with Crippen LogP contribution in [0.5, 0.6) is 0 Å². The number of amides is 1. The van der Waals surface area contributed by atoms with Crippen LogP contribution in [0.2, 0.25) is 0 Å². The van der Waals surface area contributed by atoms with E-state index in [9.17, 15) is 19.7 Å². The summed E-state index contributed by atoms with van der Waals surface area (Å²) < 4.78 is 17.8. The second kappa shape index (κ2) is 12.2. The van der Waals surface area contributed by atoms with E-state index in [1.54, 1.807) is 20.8 Å². The molecule has 200 valence electrons. The summed E-state index contributed by atoms with van der Waals surface area (Å²) in [4.78, 5) is 36.3. The number of carbonyl (C=O) groups is 2. The van der Waals surface area contributed by atoms with E-state index < -0.39 is 40.8 Å². The van der Waals surface area contributed by atoms with Gasteiger partial charge in [-0.3, -0.25) is 10.1 Å². The highest BCUT2D eigenvalue weighted by Crippen LogP contribution is 2.37. The number of ether oxygens (including phenoxy) is 3. The Hall–Kier alpha value is -3.46. The van der Waals surface area contributed by atoms with Crippen LogP contribution in [-0.2, 0) is 20.8 Å². The number of benzene rings is 2. The molecule has 0 radical (unpaired) electrons. The van der Waals surface area contributed by atoms with Crippen LogP contribution < -0.4 is 5.32 Å². The molecule has 1 amide bonds. The number of nitro groups is 1. The molecule has 0 aliphatic heterocycles. The predicted molar refractivity (Wildman–Crippen MR) is 138 cm³/mol. The van der Waals surface area contributed by atoms with E-state index in [1.165, 1.54) is 24.3 Å². The molecular weight excluding hydrogens is 476 g/mol. The molecule has 3 rings (SSSR count). The second-order valence-corrected chi connectivity index (χ2v) is 10.4. The molecule has 1 N–H and O–H groups in total. The molecule has 2 aromatic rings. The first-order valence-electron chi connectivity index (χ1n) is 12.6. The number of carbonyl (C=O) groups excluding carboxylic acids is 2. The minimum absolute atomic E-state index is 0.0722. The number of rotatable bonds is 8. The number of esters is 1.